The average molecular weight is 270 g/mol. The van der Waals surface area contributed by atoms with Gasteiger partial charge in [0.05, 0.1) is 6.61 Å². The molecule has 2 aromatic rings. The quantitative estimate of drug-likeness (QED) is 0.478. The highest BCUT2D eigenvalue weighted by Gasteiger charge is 2.36. The molecule has 0 radical (unpaired) electrons. The normalized spacial score (nSPS) is 17.4. The molecule has 0 fully saturated rings. The molecule has 102 valence electrons. The van der Waals surface area contributed by atoms with Gasteiger partial charge in [0.1, 0.15) is 5.75 Å². The second-order valence-electron chi connectivity index (χ2n) is 4.69. The molecule has 0 bridgehead atoms. The average Bonchev–Trinajstić information content (AvgIpc) is 2.46. The van der Waals surface area contributed by atoms with Gasteiger partial charge in [0.15, 0.2) is 5.92 Å². The van der Waals surface area contributed by atoms with Crippen LogP contribution in [0.25, 0.3) is 10.8 Å². The number of benzene rings is 2. The summed E-state index contributed by atoms with van der Waals surface area (Å²) in [6.45, 7) is 1.97. The topological polar surface area (TPSA) is 52.6 Å². The number of carbonyl (C=O) groups is 2. The molecular weight excluding hydrogens is 256 g/mol. The van der Waals surface area contributed by atoms with E-state index in [1.165, 1.54) is 0 Å². The molecule has 0 amide bonds. The third-order valence-electron chi connectivity index (χ3n) is 3.47. The summed E-state index contributed by atoms with van der Waals surface area (Å²) in [5.74, 6) is -1.38. The van der Waals surface area contributed by atoms with Crippen molar-refractivity contribution in [1.29, 1.82) is 0 Å². The summed E-state index contributed by atoms with van der Waals surface area (Å²) in [7, 11) is 0. The van der Waals surface area contributed by atoms with Crippen LogP contribution in [0.4, 0.5) is 0 Å². The number of hydrogen-bond acceptors (Lipinski definition) is 4. The van der Waals surface area contributed by atoms with Gasteiger partial charge in [-0.25, -0.2) is 0 Å². The smallest absolute Gasteiger partial charge is 0.326 e. The first kappa shape index (κ1) is 12.7. The standard InChI is InChI=1S/C16H14O4/c1-2-19-15(17)13-9-12-11-6-4-3-5-10(11)7-8-14(12)20-16(13)18/h3-8,13H,2,9H2,1H3. The van der Waals surface area contributed by atoms with Gasteiger partial charge in [0.25, 0.3) is 0 Å². The van der Waals surface area contributed by atoms with E-state index in [1.54, 1.807) is 13.0 Å². The van der Waals surface area contributed by atoms with E-state index in [9.17, 15) is 9.59 Å². The lowest BCUT2D eigenvalue weighted by molar-refractivity contribution is -0.157. The largest absolute Gasteiger partial charge is 0.465 e. The van der Waals surface area contributed by atoms with E-state index < -0.39 is 17.9 Å². The zero-order valence-corrected chi connectivity index (χ0v) is 11.1. The number of esters is 2. The molecule has 4 heteroatoms. The first-order valence-electron chi connectivity index (χ1n) is 6.59. The SMILES string of the molecule is CCOC(=O)C1Cc2c(ccc3ccccc23)OC1=O. The fraction of sp³-hybridized carbons (Fsp3) is 0.250. The maximum atomic E-state index is 11.9. The first-order valence-corrected chi connectivity index (χ1v) is 6.59. The van der Waals surface area contributed by atoms with Crippen molar-refractivity contribution >= 4 is 22.7 Å². The van der Waals surface area contributed by atoms with E-state index in [-0.39, 0.29) is 6.61 Å². The molecule has 1 heterocycles. The molecule has 0 saturated carbocycles. The Morgan fingerprint density at radius 3 is 2.90 bits per heavy atom. The van der Waals surface area contributed by atoms with Crippen molar-refractivity contribution < 1.29 is 19.1 Å². The lowest BCUT2D eigenvalue weighted by Gasteiger charge is -2.23. The second kappa shape index (κ2) is 4.96. The van der Waals surface area contributed by atoms with Crippen LogP contribution in [-0.4, -0.2) is 18.5 Å². The zero-order valence-electron chi connectivity index (χ0n) is 11.1. The molecule has 1 aliphatic rings. The Morgan fingerprint density at radius 2 is 2.10 bits per heavy atom. The van der Waals surface area contributed by atoms with Crippen LogP contribution in [0.5, 0.6) is 5.75 Å². The van der Waals surface area contributed by atoms with E-state index in [2.05, 4.69) is 0 Å². The molecule has 0 N–H and O–H groups in total. The summed E-state index contributed by atoms with van der Waals surface area (Å²) in [4.78, 5) is 23.7. The minimum atomic E-state index is -0.867. The maximum absolute atomic E-state index is 11.9. The second-order valence-corrected chi connectivity index (χ2v) is 4.69. The Bertz CT molecular complexity index is 690. The predicted octanol–water partition coefficient (Wildman–Crippen LogP) is 2.48. The molecule has 20 heavy (non-hydrogen) atoms. The highest BCUT2D eigenvalue weighted by Crippen LogP contribution is 2.34. The van der Waals surface area contributed by atoms with Crippen LogP contribution in [0.3, 0.4) is 0 Å². The third kappa shape index (κ3) is 2.03. The van der Waals surface area contributed by atoms with Gasteiger partial charge < -0.3 is 9.47 Å². The number of fused-ring (bicyclic) bond motifs is 3. The van der Waals surface area contributed by atoms with E-state index in [1.807, 2.05) is 30.3 Å². The van der Waals surface area contributed by atoms with Crippen LogP contribution in [0, 0.1) is 5.92 Å². The number of rotatable bonds is 2. The molecule has 4 nitrogen and oxygen atoms in total. The van der Waals surface area contributed by atoms with E-state index in [0.717, 1.165) is 16.3 Å². The summed E-state index contributed by atoms with van der Waals surface area (Å²) >= 11 is 0. The lowest BCUT2D eigenvalue weighted by atomic mass is 9.92. The van der Waals surface area contributed by atoms with Crippen molar-refractivity contribution in [3.63, 3.8) is 0 Å². The zero-order chi connectivity index (χ0) is 14.1. The molecule has 1 aliphatic heterocycles. The Kier molecular flexibility index (Phi) is 3.14. The molecular formula is C16H14O4. The van der Waals surface area contributed by atoms with Gasteiger partial charge in [-0.15, -0.1) is 0 Å². The summed E-state index contributed by atoms with van der Waals surface area (Å²) in [6, 6.07) is 11.5. The number of carbonyl (C=O) groups excluding carboxylic acids is 2. The Balaban J connectivity index is 2.05. The Hall–Kier alpha value is -2.36. The third-order valence-corrected chi connectivity index (χ3v) is 3.47. The fourth-order valence-corrected chi connectivity index (χ4v) is 2.51. The molecule has 0 saturated heterocycles. The van der Waals surface area contributed by atoms with Crippen molar-refractivity contribution in [2.45, 2.75) is 13.3 Å². The van der Waals surface area contributed by atoms with Gasteiger partial charge in [0, 0.05) is 12.0 Å². The highest BCUT2D eigenvalue weighted by atomic mass is 16.6. The van der Waals surface area contributed by atoms with Gasteiger partial charge in [-0.2, -0.15) is 0 Å². The van der Waals surface area contributed by atoms with Crippen LogP contribution < -0.4 is 4.74 Å². The van der Waals surface area contributed by atoms with Crippen molar-refractivity contribution in [3.05, 3.63) is 42.0 Å². The van der Waals surface area contributed by atoms with Crippen LogP contribution >= 0.6 is 0 Å². The monoisotopic (exact) mass is 270 g/mol. The highest BCUT2D eigenvalue weighted by molar-refractivity contribution is 5.99. The summed E-state index contributed by atoms with van der Waals surface area (Å²) in [5, 5.41) is 2.07. The fourth-order valence-electron chi connectivity index (χ4n) is 2.51. The van der Waals surface area contributed by atoms with Crippen LogP contribution in [0.15, 0.2) is 36.4 Å². The van der Waals surface area contributed by atoms with Crippen LogP contribution in [0.2, 0.25) is 0 Å². The molecule has 0 aromatic heterocycles. The van der Waals surface area contributed by atoms with Crippen molar-refractivity contribution in [3.8, 4) is 5.75 Å². The van der Waals surface area contributed by atoms with Crippen LogP contribution in [0.1, 0.15) is 12.5 Å². The molecule has 0 spiro atoms. The molecule has 1 unspecified atom stereocenters. The Morgan fingerprint density at radius 1 is 1.30 bits per heavy atom. The van der Waals surface area contributed by atoms with Crippen molar-refractivity contribution in [2.24, 2.45) is 5.92 Å². The minimum Gasteiger partial charge on any atom is -0.465 e. The summed E-state index contributed by atoms with van der Waals surface area (Å²) in [6.07, 6.45) is 0.328. The van der Waals surface area contributed by atoms with Gasteiger partial charge in [-0.3, -0.25) is 9.59 Å². The summed E-state index contributed by atoms with van der Waals surface area (Å²) < 4.78 is 10.2. The van der Waals surface area contributed by atoms with Gasteiger partial charge >= 0.3 is 11.9 Å². The Labute approximate surface area is 116 Å². The van der Waals surface area contributed by atoms with E-state index in [0.29, 0.717) is 12.2 Å². The first-order chi connectivity index (χ1) is 9.70. The minimum absolute atomic E-state index is 0.255. The van der Waals surface area contributed by atoms with Gasteiger partial charge in [-0.05, 0) is 23.8 Å². The van der Waals surface area contributed by atoms with Crippen LogP contribution in [-0.2, 0) is 20.7 Å². The molecule has 2 aromatic carbocycles. The number of hydrogen-bond donors (Lipinski definition) is 0. The van der Waals surface area contributed by atoms with Gasteiger partial charge in [0.2, 0.25) is 0 Å². The van der Waals surface area contributed by atoms with Crippen molar-refractivity contribution in [1.82, 2.24) is 0 Å². The molecule has 3 rings (SSSR count). The van der Waals surface area contributed by atoms with Gasteiger partial charge in [-0.1, -0.05) is 30.3 Å². The van der Waals surface area contributed by atoms with E-state index in [4.69, 9.17) is 9.47 Å². The predicted molar refractivity (Wildman–Crippen MR) is 73.4 cm³/mol. The summed E-state index contributed by atoms with van der Waals surface area (Å²) in [5.41, 5.74) is 0.890. The molecule has 1 atom stereocenters. The maximum Gasteiger partial charge on any atom is 0.326 e. The lowest BCUT2D eigenvalue weighted by Crippen LogP contribution is -2.35. The van der Waals surface area contributed by atoms with Crippen molar-refractivity contribution in [2.75, 3.05) is 6.61 Å². The number of ether oxygens (including phenoxy) is 2. The molecule has 0 aliphatic carbocycles. The van der Waals surface area contributed by atoms with E-state index >= 15 is 0 Å².